The molecule has 0 amide bonds. The third-order valence-corrected chi connectivity index (χ3v) is 4.22. The Labute approximate surface area is 130 Å². The molecule has 0 atom stereocenters. The molecule has 1 N–H and O–H groups in total. The van der Waals surface area contributed by atoms with Crippen LogP contribution in [0.2, 0.25) is 0 Å². The number of rotatable bonds is 5. The first-order valence-electron chi connectivity index (χ1n) is 6.67. The zero-order valence-electron chi connectivity index (χ0n) is 11.4. The maximum atomic E-state index is 12.8. The van der Waals surface area contributed by atoms with E-state index in [1.54, 1.807) is 0 Å². The largest absolute Gasteiger partial charge is 0.435 e. The minimum Gasteiger partial charge on any atom is -0.435 e. The van der Waals surface area contributed by atoms with Crippen molar-refractivity contribution in [1.29, 1.82) is 0 Å². The Balaban J connectivity index is 0.00000176. The Hall–Kier alpha value is -1.08. The van der Waals surface area contributed by atoms with E-state index >= 15 is 0 Å². The molecule has 124 valence electrons. The highest BCUT2D eigenvalue weighted by Crippen LogP contribution is 2.57. The standard InChI is InChI=1S/C14H14F5NO.ClH/c15-12(16)21-11-2-8(1-10(3-11)14(17,18)19)7-20-13-4-9(5-13)6-13;/h1-3,9,12,20H,4-7H2;1H. The third kappa shape index (κ3) is 3.46. The van der Waals surface area contributed by atoms with Crippen molar-refractivity contribution in [2.24, 2.45) is 5.92 Å². The lowest BCUT2D eigenvalue weighted by Crippen LogP contribution is -2.66. The van der Waals surface area contributed by atoms with Crippen LogP contribution in [0.3, 0.4) is 0 Å². The fourth-order valence-corrected chi connectivity index (χ4v) is 3.08. The van der Waals surface area contributed by atoms with Gasteiger partial charge in [-0.1, -0.05) is 0 Å². The molecule has 8 heteroatoms. The molecule has 4 rings (SSSR count). The molecule has 22 heavy (non-hydrogen) atoms. The summed E-state index contributed by atoms with van der Waals surface area (Å²) in [5.41, 5.74) is -0.622. The molecule has 0 radical (unpaired) electrons. The molecule has 0 aliphatic heterocycles. The van der Waals surface area contributed by atoms with Crippen LogP contribution in [0.1, 0.15) is 30.4 Å². The van der Waals surface area contributed by atoms with Gasteiger partial charge in [-0.15, -0.1) is 12.4 Å². The zero-order chi connectivity index (χ0) is 15.3. The summed E-state index contributed by atoms with van der Waals surface area (Å²) in [6.07, 6.45) is -1.45. The number of halogens is 6. The Bertz CT molecular complexity index is 532. The predicted molar refractivity (Wildman–Crippen MR) is 72.2 cm³/mol. The van der Waals surface area contributed by atoms with Crippen LogP contribution in [0, 0.1) is 5.92 Å². The van der Waals surface area contributed by atoms with Crippen LogP contribution in [-0.4, -0.2) is 12.2 Å². The highest BCUT2D eigenvalue weighted by Gasteiger charge is 2.55. The van der Waals surface area contributed by atoms with Gasteiger partial charge in [-0.25, -0.2) is 0 Å². The minimum atomic E-state index is -4.59. The van der Waals surface area contributed by atoms with Crippen LogP contribution in [0.15, 0.2) is 18.2 Å². The van der Waals surface area contributed by atoms with E-state index < -0.39 is 24.1 Å². The molecule has 2 bridgehead atoms. The molecule has 0 spiro atoms. The van der Waals surface area contributed by atoms with Gasteiger partial charge in [0.2, 0.25) is 0 Å². The van der Waals surface area contributed by atoms with E-state index in [1.807, 2.05) is 0 Å². The fraction of sp³-hybridized carbons (Fsp3) is 0.571. The maximum Gasteiger partial charge on any atom is 0.416 e. The number of hydrogen-bond donors (Lipinski definition) is 1. The van der Waals surface area contributed by atoms with Crippen molar-refractivity contribution in [3.05, 3.63) is 29.3 Å². The van der Waals surface area contributed by atoms with Gasteiger partial charge in [-0.05, 0) is 48.9 Å². The second-order valence-corrected chi connectivity index (χ2v) is 5.85. The lowest BCUT2D eigenvalue weighted by molar-refractivity contribution is -0.138. The summed E-state index contributed by atoms with van der Waals surface area (Å²) in [5.74, 6) is 0.283. The summed E-state index contributed by atoms with van der Waals surface area (Å²) in [4.78, 5) is 0. The van der Waals surface area contributed by atoms with Gasteiger partial charge in [0.15, 0.2) is 0 Å². The van der Waals surface area contributed by atoms with Gasteiger partial charge in [0, 0.05) is 12.1 Å². The first-order valence-corrected chi connectivity index (χ1v) is 6.67. The van der Waals surface area contributed by atoms with Gasteiger partial charge in [0.05, 0.1) is 5.56 Å². The molecule has 3 aliphatic carbocycles. The van der Waals surface area contributed by atoms with Gasteiger partial charge < -0.3 is 10.1 Å². The Morgan fingerprint density at radius 3 is 2.27 bits per heavy atom. The molecule has 1 aromatic carbocycles. The highest BCUT2D eigenvalue weighted by molar-refractivity contribution is 5.85. The topological polar surface area (TPSA) is 21.3 Å². The molecule has 3 fully saturated rings. The molecule has 3 aliphatic rings. The number of nitrogens with one attached hydrogen (secondary N) is 1. The van der Waals surface area contributed by atoms with E-state index in [2.05, 4.69) is 10.1 Å². The maximum absolute atomic E-state index is 12.8. The van der Waals surface area contributed by atoms with E-state index in [9.17, 15) is 22.0 Å². The van der Waals surface area contributed by atoms with E-state index in [0.29, 0.717) is 11.6 Å². The molecule has 0 aromatic heterocycles. The predicted octanol–water partition coefficient (Wildman–Crippen LogP) is 4.37. The SMILES string of the molecule is Cl.FC(F)Oc1cc(CNC23CC(C2)C3)cc(C(F)(F)F)c1. The van der Waals surface area contributed by atoms with Crippen molar-refractivity contribution in [1.82, 2.24) is 5.32 Å². The molecule has 0 heterocycles. The average molecular weight is 344 g/mol. The van der Waals surface area contributed by atoms with Crippen LogP contribution in [0.4, 0.5) is 22.0 Å². The first kappa shape index (κ1) is 17.3. The summed E-state index contributed by atoms with van der Waals surface area (Å²) in [5, 5.41) is 3.23. The Kier molecular flexibility index (Phi) is 4.59. The second kappa shape index (κ2) is 5.85. The first-order chi connectivity index (χ1) is 9.76. The summed E-state index contributed by atoms with van der Waals surface area (Å²) in [7, 11) is 0. The molecule has 0 saturated heterocycles. The molecule has 3 saturated carbocycles. The second-order valence-electron chi connectivity index (χ2n) is 5.85. The highest BCUT2D eigenvalue weighted by atomic mass is 35.5. The van der Waals surface area contributed by atoms with E-state index in [-0.39, 0.29) is 24.5 Å². The lowest BCUT2D eigenvalue weighted by atomic mass is 9.50. The van der Waals surface area contributed by atoms with Crippen LogP contribution in [0.25, 0.3) is 0 Å². The van der Waals surface area contributed by atoms with Crippen molar-refractivity contribution in [3.8, 4) is 5.75 Å². The zero-order valence-corrected chi connectivity index (χ0v) is 12.2. The van der Waals surface area contributed by atoms with Gasteiger partial charge in [-0.3, -0.25) is 0 Å². The molecule has 1 aromatic rings. The normalized spacial score (nSPS) is 26.0. The van der Waals surface area contributed by atoms with Crippen LogP contribution in [-0.2, 0) is 12.7 Å². The lowest BCUT2D eigenvalue weighted by Gasteiger charge is -2.62. The molecule has 0 unspecified atom stereocenters. The Morgan fingerprint density at radius 2 is 1.82 bits per heavy atom. The smallest absolute Gasteiger partial charge is 0.416 e. The average Bonchev–Trinajstić information content (AvgIpc) is 2.22. The molecular formula is C14H15ClF5NO. The summed E-state index contributed by atoms with van der Waals surface area (Å²) in [6, 6.07) is 2.79. The van der Waals surface area contributed by atoms with Crippen LogP contribution >= 0.6 is 12.4 Å². The quantitative estimate of drug-likeness (QED) is 0.802. The number of benzene rings is 1. The van der Waals surface area contributed by atoms with Crippen molar-refractivity contribution in [2.45, 2.75) is 44.1 Å². The van der Waals surface area contributed by atoms with Gasteiger partial charge in [0.25, 0.3) is 0 Å². The number of ether oxygens (including phenoxy) is 1. The minimum absolute atomic E-state index is 0. The monoisotopic (exact) mass is 343 g/mol. The van der Waals surface area contributed by atoms with E-state index in [0.717, 1.165) is 31.2 Å². The van der Waals surface area contributed by atoms with Crippen molar-refractivity contribution in [3.63, 3.8) is 0 Å². The Morgan fingerprint density at radius 1 is 1.18 bits per heavy atom. The van der Waals surface area contributed by atoms with Crippen molar-refractivity contribution < 1.29 is 26.7 Å². The summed E-state index contributed by atoms with van der Waals surface area (Å²) < 4.78 is 66.9. The fourth-order valence-electron chi connectivity index (χ4n) is 3.08. The van der Waals surface area contributed by atoms with Gasteiger partial charge in [-0.2, -0.15) is 22.0 Å². The van der Waals surface area contributed by atoms with Crippen molar-refractivity contribution >= 4 is 12.4 Å². The van der Waals surface area contributed by atoms with E-state index in [4.69, 9.17) is 0 Å². The number of alkyl halides is 5. The molecule has 2 nitrogen and oxygen atoms in total. The van der Waals surface area contributed by atoms with Gasteiger partial charge in [0.1, 0.15) is 5.75 Å². The third-order valence-electron chi connectivity index (χ3n) is 4.22. The summed E-state index contributed by atoms with van der Waals surface area (Å²) >= 11 is 0. The van der Waals surface area contributed by atoms with Crippen molar-refractivity contribution in [2.75, 3.05) is 0 Å². The van der Waals surface area contributed by atoms with Crippen LogP contribution in [0.5, 0.6) is 5.75 Å². The number of hydrogen-bond acceptors (Lipinski definition) is 2. The summed E-state index contributed by atoms with van der Waals surface area (Å²) in [6.45, 7) is -2.93. The van der Waals surface area contributed by atoms with E-state index in [1.165, 1.54) is 6.07 Å². The van der Waals surface area contributed by atoms with Crippen LogP contribution < -0.4 is 10.1 Å². The van der Waals surface area contributed by atoms with Gasteiger partial charge >= 0.3 is 12.8 Å². The molecular weight excluding hydrogens is 329 g/mol.